The number of hydrogen-bond acceptors (Lipinski definition) is 4. The summed E-state index contributed by atoms with van der Waals surface area (Å²) in [5, 5.41) is 0. The van der Waals surface area contributed by atoms with Crippen LogP contribution in [-0.2, 0) is 22.7 Å². The lowest BCUT2D eigenvalue weighted by molar-refractivity contribution is -0.127. The number of methoxy groups -OCH3 is 1. The topological polar surface area (TPSA) is 51.7 Å². The van der Waals surface area contributed by atoms with Gasteiger partial charge in [0, 0.05) is 18.8 Å². The summed E-state index contributed by atoms with van der Waals surface area (Å²) in [6.45, 7) is 1.02. The molecular formula is C19H20N2O3. The number of carbonyl (C=O) groups is 1. The van der Waals surface area contributed by atoms with Gasteiger partial charge >= 0.3 is 0 Å². The fourth-order valence-corrected chi connectivity index (χ4v) is 2.60. The molecule has 0 bridgehead atoms. The molecule has 0 unspecified atom stereocenters. The Kier molecular flexibility index (Phi) is 5.11. The number of benzene rings is 1. The first-order valence-electron chi connectivity index (χ1n) is 7.89. The average Bonchev–Trinajstić information content (AvgIpc) is 2.97. The third kappa shape index (κ3) is 3.93. The summed E-state index contributed by atoms with van der Waals surface area (Å²) >= 11 is 0. The highest BCUT2D eigenvalue weighted by Gasteiger charge is 2.26. The minimum absolute atomic E-state index is 0.131. The van der Waals surface area contributed by atoms with E-state index < -0.39 is 0 Å². The average molecular weight is 324 g/mol. The van der Waals surface area contributed by atoms with E-state index in [0.29, 0.717) is 26.0 Å². The van der Waals surface area contributed by atoms with Gasteiger partial charge in [-0.15, -0.1) is 0 Å². The molecule has 3 rings (SSSR count). The van der Waals surface area contributed by atoms with Crippen LogP contribution in [0.3, 0.4) is 0 Å². The molecule has 1 saturated heterocycles. The molecule has 2 heterocycles. The summed E-state index contributed by atoms with van der Waals surface area (Å²) in [5.41, 5.74) is 3.03. The van der Waals surface area contributed by atoms with Gasteiger partial charge in [0.15, 0.2) is 0 Å². The monoisotopic (exact) mass is 324 g/mol. The van der Waals surface area contributed by atoms with Crippen molar-refractivity contribution < 1.29 is 14.3 Å². The van der Waals surface area contributed by atoms with Gasteiger partial charge in [-0.25, -0.2) is 0 Å². The van der Waals surface area contributed by atoms with Gasteiger partial charge in [-0.05, 0) is 41.8 Å². The molecule has 0 spiro atoms. The zero-order valence-electron chi connectivity index (χ0n) is 13.6. The molecule has 1 fully saturated rings. The van der Waals surface area contributed by atoms with Crippen molar-refractivity contribution in [1.29, 1.82) is 0 Å². The van der Waals surface area contributed by atoms with E-state index in [1.54, 1.807) is 30.7 Å². The Hall–Kier alpha value is -2.82. The Bertz CT molecular complexity index is 711. The van der Waals surface area contributed by atoms with E-state index in [0.717, 1.165) is 22.6 Å². The van der Waals surface area contributed by atoms with Crippen LogP contribution < -0.4 is 4.74 Å². The van der Waals surface area contributed by atoms with E-state index in [9.17, 15) is 4.79 Å². The lowest BCUT2D eigenvalue weighted by Gasteiger charge is -2.18. The molecule has 0 aliphatic carbocycles. The molecule has 0 N–H and O–H groups in total. The van der Waals surface area contributed by atoms with E-state index >= 15 is 0 Å². The van der Waals surface area contributed by atoms with Gasteiger partial charge in [-0.2, -0.15) is 0 Å². The smallest absolute Gasteiger partial charge is 0.227 e. The van der Waals surface area contributed by atoms with Crippen molar-refractivity contribution >= 4 is 5.91 Å². The molecule has 1 aliphatic rings. The Balaban J connectivity index is 1.61. The zero-order chi connectivity index (χ0) is 16.8. The first-order valence-corrected chi connectivity index (χ1v) is 7.89. The number of rotatable bonds is 6. The summed E-state index contributed by atoms with van der Waals surface area (Å²) in [6.07, 6.45) is 6.42. The lowest BCUT2D eigenvalue weighted by Crippen LogP contribution is -2.22. The highest BCUT2D eigenvalue weighted by atomic mass is 16.5. The number of aromatic nitrogens is 1. The van der Waals surface area contributed by atoms with E-state index in [1.165, 1.54) is 0 Å². The Morgan fingerprint density at radius 2 is 1.83 bits per heavy atom. The predicted octanol–water partition coefficient (Wildman–Crippen LogP) is 3.27. The van der Waals surface area contributed by atoms with Gasteiger partial charge in [0.1, 0.15) is 18.6 Å². The standard InChI is InChI=1S/C19H20N2O3/c1-23-18-5-2-16(3-6-18)13-24-14-17-4-7-19(22)21(17)12-15-8-10-20-11-9-15/h2-3,5-6,8-11,14H,4,7,12-13H2,1H3/b17-14+. The van der Waals surface area contributed by atoms with Gasteiger partial charge in [-0.1, -0.05) is 12.1 Å². The molecule has 5 heteroatoms. The van der Waals surface area contributed by atoms with Crippen molar-refractivity contribution in [3.63, 3.8) is 0 Å². The van der Waals surface area contributed by atoms with Gasteiger partial charge in [0.05, 0.1) is 19.4 Å². The summed E-state index contributed by atoms with van der Waals surface area (Å²) in [7, 11) is 1.64. The van der Waals surface area contributed by atoms with E-state index in [2.05, 4.69) is 4.98 Å². The number of hydrogen-bond donors (Lipinski definition) is 0. The third-order valence-corrected chi connectivity index (χ3v) is 3.96. The molecule has 0 atom stereocenters. The fraction of sp³-hybridized carbons (Fsp3) is 0.263. The van der Waals surface area contributed by atoms with Crippen LogP contribution in [0.2, 0.25) is 0 Å². The summed E-state index contributed by atoms with van der Waals surface area (Å²) in [4.78, 5) is 17.9. The predicted molar refractivity (Wildman–Crippen MR) is 89.9 cm³/mol. The molecule has 124 valence electrons. The maximum Gasteiger partial charge on any atom is 0.227 e. The normalized spacial score (nSPS) is 15.8. The van der Waals surface area contributed by atoms with Crippen LogP contribution in [0.25, 0.3) is 0 Å². The van der Waals surface area contributed by atoms with Crippen molar-refractivity contribution in [3.8, 4) is 5.75 Å². The van der Waals surface area contributed by atoms with Crippen LogP contribution in [-0.4, -0.2) is 22.9 Å². The van der Waals surface area contributed by atoms with E-state index in [1.807, 2.05) is 36.4 Å². The highest BCUT2D eigenvalue weighted by molar-refractivity contribution is 5.81. The quantitative estimate of drug-likeness (QED) is 0.765. The van der Waals surface area contributed by atoms with Crippen molar-refractivity contribution in [2.45, 2.75) is 26.0 Å². The Labute approximate surface area is 141 Å². The van der Waals surface area contributed by atoms with Crippen LogP contribution in [0.1, 0.15) is 24.0 Å². The SMILES string of the molecule is COc1ccc(CO/C=C2\CCC(=O)N2Cc2ccncc2)cc1. The number of likely N-dealkylation sites (tertiary alicyclic amines) is 1. The van der Waals surface area contributed by atoms with E-state index in [-0.39, 0.29) is 5.91 Å². The fourth-order valence-electron chi connectivity index (χ4n) is 2.60. The molecule has 1 aromatic carbocycles. The van der Waals surface area contributed by atoms with Crippen molar-refractivity contribution in [2.24, 2.45) is 0 Å². The number of amides is 1. The molecule has 0 saturated carbocycles. The van der Waals surface area contributed by atoms with Crippen LogP contribution in [0.15, 0.2) is 60.8 Å². The highest BCUT2D eigenvalue weighted by Crippen LogP contribution is 2.25. The molecule has 2 aromatic rings. The molecule has 0 radical (unpaired) electrons. The third-order valence-electron chi connectivity index (χ3n) is 3.96. The number of ether oxygens (including phenoxy) is 2. The number of pyridine rings is 1. The molecule has 5 nitrogen and oxygen atoms in total. The van der Waals surface area contributed by atoms with Crippen molar-refractivity contribution in [1.82, 2.24) is 9.88 Å². The van der Waals surface area contributed by atoms with Gasteiger partial charge < -0.3 is 14.4 Å². The first-order chi connectivity index (χ1) is 11.8. The Morgan fingerprint density at radius 3 is 2.54 bits per heavy atom. The summed E-state index contributed by atoms with van der Waals surface area (Å²) in [6, 6.07) is 11.6. The summed E-state index contributed by atoms with van der Waals surface area (Å²) < 4.78 is 10.8. The van der Waals surface area contributed by atoms with Gasteiger partial charge in [-0.3, -0.25) is 9.78 Å². The maximum absolute atomic E-state index is 12.1. The maximum atomic E-state index is 12.1. The second kappa shape index (κ2) is 7.64. The van der Waals surface area contributed by atoms with Crippen molar-refractivity contribution in [2.75, 3.05) is 7.11 Å². The second-order valence-electron chi connectivity index (χ2n) is 5.60. The Morgan fingerprint density at radius 1 is 1.08 bits per heavy atom. The van der Waals surface area contributed by atoms with Crippen LogP contribution in [0, 0.1) is 0 Å². The molecule has 1 aliphatic heterocycles. The zero-order valence-corrected chi connectivity index (χ0v) is 13.6. The second-order valence-corrected chi connectivity index (χ2v) is 5.60. The van der Waals surface area contributed by atoms with Crippen molar-refractivity contribution in [3.05, 3.63) is 71.9 Å². The molecule has 24 heavy (non-hydrogen) atoms. The number of carbonyl (C=O) groups excluding carboxylic acids is 1. The van der Waals surface area contributed by atoms with Crippen LogP contribution >= 0.6 is 0 Å². The largest absolute Gasteiger partial charge is 0.497 e. The molecule has 1 aromatic heterocycles. The van der Waals surface area contributed by atoms with Crippen LogP contribution in [0.5, 0.6) is 5.75 Å². The minimum atomic E-state index is 0.131. The van der Waals surface area contributed by atoms with Gasteiger partial charge in [0.25, 0.3) is 0 Å². The van der Waals surface area contributed by atoms with Gasteiger partial charge in [0.2, 0.25) is 5.91 Å². The summed E-state index contributed by atoms with van der Waals surface area (Å²) in [5.74, 6) is 0.952. The minimum Gasteiger partial charge on any atom is -0.497 e. The van der Waals surface area contributed by atoms with Crippen LogP contribution in [0.4, 0.5) is 0 Å². The number of allylic oxidation sites excluding steroid dienone is 1. The first kappa shape index (κ1) is 16.1. The molecule has 1 amide bonds. The number of nitrogens with zero attached hydrogens (tertiary/aromatic N) is 2. The van der Waals surface area contributed by atoms with E-state index in [4.69, 9.17) is 9.47 Å². The molecular weight excluding hydrogens is 304 g/mol. The lowest BCUT2D eigenvalue weighted by atomic mass is 10.2.